The molecular weight excluding hydrogens is 442 g/mol. The van der Waals surface area contributed by atoms with Gasteiger partial charge in [-0.1, -0.05) is 91.0 Å². The van der Waals surface area contributed by atoms with Gasteiger partial charge in [0, 0.05) is 6.42 Å². The molecule has 3 amide bonds. The van der Waals surface area contributed by atoms with Crippen molar-refractivity contribution in [3.05, 3.63) is 108 Å². The lowest BCUT2D eigenvalue weighted by atomic mass is 10.0. The van der Waals surface area contributed by atoms with E-state index in [1.54, 1.807) is 0 Å². The predicted octanol–water partition coefficient (Wildman–Crippen LogP) is 3.52. The largest absolute Gasteiger partial charge is 0.445 e. The Morgan fingerprint density at radius 2 is 1.26 bits per heavy atom. The number of amides is 3. The van der Waals surface area contributed by atoms with Gasteiger partial charge in [0.2, 0.25) is 11.8 Å². The number of nitrogens with two attached hydrogens (primary N) is 1. The zero-order valence-corrected chi connectivity index (χ0v) is 19.6. The Bertz CT molecular complexity index is 1080. The second kappa shape index (κ2) is 13.5. The molecule has 0 aliphatic rings. The SMILES string of the molecule is NC(=O)[C@H](CCCc1ccccc1)NC(=O)[C@@H](Cc1ccccc1)NC(=O)OCc1ccccc1. The number of hydrogen-bond donors (Lipinski definition) is 3. The summed E-state index contributed by atoms with van der Waals surface area (Å²) in [5.74, 6) is -1.11. The average Bonchev–Trinajstić information content (AvgIpc) is 2.88. The number of benzene rings is 3. The smallest absolute Gasteiger partial charge is 0.408 e. The van der Waals surface area contributed by atoms with Gasteiger partial charge in [-0.2, -0.15) is 0 Å². The van der Waals surface area contributed by atoms with E-state index in [2.05, 4.69) is 10.6 Å². The molecule has 0 saturated carbocycles. The van der Waals surface area contributed by atoms with Crippen LogP contribution in [0, 0.1) is 0 Å². The standard InChI is InChI=1S/C28H31N3O4/c29-26(32)24(18-10-17-21-11-4-1-5-12-21)30-27(33)25(19-22-13-6-2-7-14-22)31-28(34)35-20-23-15-8-3-9-16-23/h1-9,11-16,24-25H,10,17-20H2,(H2,29,32)(H,30,33)(H,31,34)/t24-,25+/m0/s1. The van der Waals surface area contributed by atoms with Crippen LogP contribution in [0.5, 0.6) is 0 Å². The quantitative estimate of drug-likeness (QED) is 0.374. The first-order chi connectivity index (χ1) is 17.0. The van der Waals surface area contributed by atoms with Crippen LogP contribution in [0.1, 0.15) is 29.5 Å². The van der Waals surface area contributed by atoms with Gasteiger partial charge in [-0.3, -0.25) is 9.59 Å². The van der Waals surface area contributed by atoms with Crippen LogP contribution < -0.4 is 16.4 Å². The molecule has 35 heavy (non-hydrogen) atoms. The fourth-order valence-corrected chi connectivity index (χ4v) is 3.68. The zero-order chi connectivity index (χ0) is 24.9. The Kier molecular flexibility index (Phi) is 9.87. The van der Waals surface area contributed by atoms with Crippen molar-refractivity contribution in [3.8, 4) is 0 Å². The first-order valence-electron chi connectivity index (χ1n) is 11.7. The molecule has 182 valence electrons. The van der Waals surface area contributed by atoms with Gasteiger partial charge < -0.3 is 21.1 Å². The van der Waals surface area contributed by atoms with Crippen molar-refractivity contribution in [1.82, 2.24) is 10.6 Å². The third kappa shape index (κ3) is 8.97. The molecule has 0 aliphatic heterocycles. The summed E-state index contributed by atoms with van der Waals surface area (Å²) >= 11 is 0. The van der Waals surface area contributed by atoms with Crippen molar-refractivity contribution in [3.63, 3.8) is 0 Å². The lowest BCUT2D eigenvalue weighted by molar-refractivity contribution is -0.128. The van der Waals surface area contributed by atoms with E-state index in [9.17, 15) is 14.4 Å². The highest BCUT2D eigenvalue weighted by molar-refractivity contribution is 5.90. The highest BCUT2D eigenvalue weighted by Gasteiger charge is 2.26. The highest BCUT2D eigenvalue weighted by atomic mass is 16.5. The lowest BCUT2D eigenvalue weighted by Crippen LogP contribution is -2.53. The second-order valence-electron chi connectivity index (χ2n) is 8.29. The van der Waals surface area contributed by atoms with Crippen LogP contribution in [-0.2, 0) is 33.8 Å². The highest BCUT2D eigenvalue weighted by Crippen LogP contribution is 2.09. The van der Waals surface area contributed by atoms with E-state index in [1.807, 2.05) is 91.0 Å². The third-order valence-electron chi connectivity index (χ3n) is 5.56. The van der Waals surface area contributed by atoms with E-state index in [0.717, 1.165) is 23.1 Å². The first kappa shape index (κ1) is 25.5. The molecule has 0 saturated heterocycles. The number of rotatable bonds is 12. The summed E-state index contributed by atoms with van der Waals surface area (Å²) in [6.07, 6.45) is 1.35. The molecule has 0 bridgehead atoms. The van der Waals surface area contributed by atoms with Crippen molar-refractivity contribution in [1.29, 1.82) is 0 Å². The Labute approximate surface area is 205 Å². The van der Waals surface area contributed by atoms with Crippen molar-refractivity contribution in [2.75, 3.05) is 0 Å². The van der Waals surface area contributed by atoms with Crippen molar-refractivity contribution >= 4 is 17.9 Å². The van der Waals surface area contributed by atoms with Gasteiger partial charge in [0.05, 0.1) is 0 Å². The Morgan fingerprint density at radius 3 is 1.83 bits per heavy atom. The van der Waals surface area contributed by atoms with Crippen molar-refractivity contribution in [2.45, 2.75) is 44.4 Å². The molecule has 2 atom stereocenters. The summed E-state index contributed by atoms with van der Waals surface area (Å²) in [5, 5.41) is 5.35. The lowest BCUT2D eigenvalue weighted by Gasteiger charge is -2.22. The summed E-state index contributed by atoms with van der Waals surface area (Å²) in [6, 6.07) is 26.7. The molecule has 0 fully saturated rings. The molecule has 3 aromatic carbocycles. The fraction of sp³-hybridized carbons (Fsp3) is 0.250. The van der Waals surface area contributed by atoms with E-state index in [-0.39, 0.29) is 13.0 Å². The molecule has 0 unspecified atom stereocenters. The number of carbonyl (C=O) groups excluding carboxylic acids is 3. The topological polar surface area (TPSA) is 111 Å². The Morgan fingerprint density at radius 1 is 0.714 bits per heavy atom. The molecule has 0 aromatic heterocycles. The van der Waals surface area contributed by atoms with Gasteiger partial charge in [-0.25, -0.2) is 4.79 Å². The average molecular weight is 474 g/mol. The number of hydrogen-bond acceptors (Lipinski definition) is 4. The summed E-state index contributed by atoms with van der Waals surface area (Å²) in [5.41, 5.74) is 8.40. The van der Waals surface area contributed by atoms with Crippen LogP contribution in [0.25, 0.3) is 0 Å². The number of carbonyl (C=O) groups is 3. The molecule has 0 spiro atoms. The van der Waals surface area contributed by atoms with E-state index in [1.165, 1.54) is 0 Å². The number of aryl methyl sites for hydroxylation is 1. The summed E-state index contributed by atoms with van der Waals surface area (Å²) in [4.78, 5) is 37.6. The van der Waals surface area contributed by atoms with Gasteiger partial charge in [0.15, 0.2) is 0 Å². The molecule has 0 heterocycles. The van der Waals surface area contributed by atoms with Gasteiger partial charge in [-0.05, 0) is 36.0 Å². The van der Waals surface area contributed by atoms with Crippen molar-refractivity contribution < 1.29 is 19.1 Å². The van der Waals surface area contributed by atoms with E-state index < -0.39 is 30.0 Å². The van der Waals surface area contributed by atoms with Crippen LogP contribution in [0.2, 0.25) is 0 Å². The molecule has 7 nitrogen and oxygen atoms in total. The summed E-state index contributed by atoms with van der Waals surface area (Å²) in [7, 11) is 0. The number of nitrogens with one attached hydrogen (secondary N) is 2. The van der Waals surface area contributed by atoms with Crippen LogP contribution in [0.3, 0.4) is 0 Å². The molecular formula is C28H31N3O4. The minimum absolute atomic E-state index is 0.0791. The van der Waals surface area contributed by atoms with Gasteiger partial charge in [0.1, 0.15) is 18.7 Å². The summed E-state index contributed by atoms with van der Waals surface area (Å²) < 4.78 is 5.29. The third-order valence-corrected chi connectivity index (χ3v) is 5.56. The van der Waals surface area contributed by atoms with Crippen LogP contribution >= 0.6 is 0 Å². The minimum atomic E-state index is -0.934. The first-order valence-corrected chi connectivity index (χ1v) is 11.7. The number of primary amides is 1. The van der Waals surface area contributed by atoms with Crippen LogP contribution in [0.4, 0.5) is 4.79 Å². The van der Waals surface area contributed by atoms with Crippen molar-refractivity contribution in [2.24, 2.45) is 5.73 Å². The van der Waals surface area contributed by atoms with Crippen LogP contribution in [-0.4, -0.2) is 30.0 Å². The Hall–Kier alpha value is -4.13. The van der Waals surface area contributed by atoms with Gasteiger partial charge in [0.25, 0.3) is 0 Å². The number of alkyl carbamates (subject to hydrolysis) is 1. The van der Waals surface area contributed by atoms with Gasteiger partial charge >= 0.3 is 6.09 Å². The molecule has 4 N–H and O–H groups in total. The maximum absolute atomic E-state index is 13.1. The fourth-order valence-electron chi connectivity index (χ4n) is 3.68. The molecule has 3 rings (SSSR count). The van der Waals surface area contributed by atoms with E-state index in [0.29, 0.717) is 12.8 Å². The number of ether oxygens (including phenoxy) is 1. The zero-order valence-electron chi connectivity index (χ0n) is 19.6. The van der Waals surface area contributed by atoms with E-state index >= 15 is 0 Å². The molecule has 0 aliphatic carbocycles. The molecule has 3 aromatic rings. The molecule has 7 heteroatoms. The Balaban J connectivity index is 1.61. The predicted molar refractivity (Wildman–Crippen MR) is 134 cm³/mol. The normalized spacial score (nSPS) is 12.2. The van der Waals surface area contributed by atoms with E-state index in [4.69, 9.17) is 10.5 Å². The van der Waals surface area contributed by atoms with Crippen LogP contribution in [0.15, 0.2) is 91.0 Å². The monoisotopic (exact) mass is 473 g/mol. The minimum Gasteiger partial charge on any atom is -0.445 e. The maximum atomic E-state index is 13.1. The second-order valence-corrected chi connectivity index (χ2v) is 8.29. The van der Waals surface area contributed by atoms with Gasteiger partial charge in [-0.15, -0.1) is 0 Å². The summed E-state index contributed by atoms with van der Waals surface area (Å²) in [6.45, 7) is 0.0791. The maximum Gasteiger partial charge on any atom is 0.408 e. The molecule has 0 radical (unpaired) electrons.